The molecule has 0 spiro atoms. The predicted octanol–water partition coefficient (Wildman–Crippen LogP) is 3.28. The molecule has 0 bridgehead atoms. The first-order valence-corrected chi connectivity index (χ1v) is 5.27. The van der Waals surface area contributed by atoms with Crippen molar-refractivity contribution in [3.63, 3.8) is 0 Å². The Labute approximate surface area is 97.1 Å². The van der Waals surface area contributed by atoms with Gasteiger partial charge in [-0.1, -0.05) is 41.9 Å². The smallest absolute Gasteiger partial charge is 0.142 e. The molecule has 3 nitrogen and oxygen atoms in total. The average Bonchev–Trinajstić information content (AvgIpc) is 2.75. The molecule has 0 aliphatic rings. The SMILES string of the molecule is Clc1ncnc2[nH]cc(-c3ccccc3)c12. The van der Waals surface area contributed by atoms with Crippen LogP contribution in [0, 0.1) is 0 Å². The van der Waals surface area contributed by atoms with Gasteiger partial charge in [0.05, 0.1) is 5.39 Å². The molecule has 3 aromatic rings. The first-order chi connectivity index (χ1) is 7.86. The Balaban J connectivity index is 2.33. The maximum absolute atomic E-state index is 6.08. The van der Waals surface area contributed by atoms with Crippen molar-refractivity contribution in [2.24, 2.45) is 0 Å². The Morgan fingerprint density at radius 1 is 1.06 bits per heavy atom. The molecular weight excluding hydrogens is 222 g/mol. The van der Waals surface area contributed by atoms with Crippen molar-refractivity contribution in [3.8, 4) is 11.1 Å². The third kappa shape index (κ3) is 1.37. The lowest BCUT2D eigenvalue weighted by atomic mass is 10.1. The lowest BCUT2D eigenvalue weighted by Gasteiger charge is -1.99. The van der Waals surface area contributed by atoms with Gasteiger partial charge in [0.1, 0.15) is 17.1 Å². The topological polar surface area (TPSA) is 41.6 Å². The Kier molecular flexibility index (Phi) is 2.11. The molecule has 0 aliphatic carbocycles. The van der Waals surface area contributed by atoms with Gasteiger partial charge < -0.3 is 4.98 Å². The third-order valence-corrected chi connectivity index (χ3v) is 2.79. The molecule has 0 amide bonds. The Morgan fingerprint density at radius 2 is 1.88 bits per heavy atom. The van der Waals surface area contributed by atoms with E-state index in [0.29, 0.717) is 5.15 Å². The van der Waals surface area contributed by atoms with Gasteiger partial charge in [0.2, 0.25) is 0 Å². The Bertz CT molecular complexity index is 631. The highest BCUT2D eigenvalue weighted by molar-refractivity contribution is 6.35. The second kappa shape index (κ2) is 3.61. The number of nitrogens with zero attached hydrogens (tertiary/aromatic N) is 2. The van der Waals surface area contributed by atoms with Gasteiger partial charge >= 0.3 is 0 Å². The molecular formula is C12H8ClN3. The number of rotatable bonds is 1. The summed E-state index contributed by atoms with van der Waals surface area (Å²) in [6, 6.07) is 10.0. The minimum atomic E-state index is 0.477. The number of halogens is 1. The summed E-state index contributed by atoms with van der Waals surface area (Å²) in [5.41, 5.74) is 2.89. The van der Waals surface area contributed by atoms with Crippen molar-refractivity contribution < 1.29 is 0 Å². The van der Waals surface area contributed by atoms with E-state index in [1.165, 1.54) is 6.33 Å². The van der Waals surface area contributed by atoms with E-state index >= 15 is 0 Å². The number of aromatic amines is 1. The molecule has 2 heterocycles. The monoisotopic (exact) mass is 229 g/mol. The summed E-state index contributed by atoms with van der Waals surface area (Å²) < 4.78 is 0. The Hall–Kier alpha value is -1.87. The van der Waals surface area contributed by atoms with E-state index in [-0.39, 0.29) is 0 Å². The fourth-order valence-corrected chi connectivity index (χ4v) is 2.01. The van der Waals surface area contributed by atoms with Gasteiger partial charge in [0.15, 0.2) is 0 Å². The molecule has 0 atom stereocenters. The third-order valence-electron chi connectivity index (χ3n) is 2.51. The summed E-state index contributed by atoms with van der Waals surface area (Å²) in [5.74, 6) is 0. The number of hydrogen-bond donors (Lipinski definition) is 1. The zero-order valence-electron chi connectivity index (χ0n) is 8.31. The van der Waals surface area contributed by atoms with E-state index in [4.69, 9.17) is 11.6 Å². The number of hydrogen-bond acceptors (Lipinski definition) is 2. The zero-order chi connectivity index (χ0) is 11.0. The van der Waals surface area contributed by atoms with Gasteiger partial charge in [-0.15, -0.1) is 0 Å². The maximum atomic E-state index is 6.08. The van der Waals surface area contributed by atoms with Gasteiger partial charge in [-0.05, 0) is 5.56 Å². The predicted molar refractivity (Wildman–Crippen MR) is 64.3 cm³/mol. The lowest BCUT2D eigenvalue weighted by Crippen LogP contribution is -1.82. The summed E-state index contributed by atoms with van der Waals surface area (Å²) in [4.78, 5) is 11.2. The second-order valence-corrected chi connectivity index (χ2v) is 3.81. The van der Waals surface area contributed by atoms with Crippen LogP contribution in [0.25, 0.3) is 22.2 Å². The highest BCUT2D eigenvalue weighted by atomic mass is 35.5. The molecule has 1 N–H and O–H groups in total. The highest BCUT2D eigenvalue weighted by Gasteiger charge is 2.10. The molecule has 3 rings (SSSR count). The van der Waals surface area contributed by atoms with Crippen LogP contribution in [0.15, 0.2) is 42.9 Å². The maximum Gasteiger partial charge on any atom is 0.142 e. The van der Waals surface area contributed by atoms with E-state index in [0.717, 1.165) is 22.2 Å². The van der Waals surface area contributed by atoms with Crippen LogP contribution in [0.1, 0.15) is 0 Å². The number of fused-ring (bicyclic) bond motifs is 1. The normalized spacial score (nSPS) is 10.8. The molecule has 0 aliphatic heterocycles. The summed E-state index contributed by atoms with van der Waals surface area (Å²) in [6.45, 7) is 0. The molecule has 0 saturated heterocycles. The van der Waals surface area contributed by atoms with Crippen molar-refractivity contribution >= 4 is 22.6 Å². The van der Waals surface area contributed by atoms with Crippen LogP contribution in [0.5, 0.6) is 0 Å². The second-order valence-electron chi connectivity index (χ2n) is 3.46. The molecule has 0 fully saturated rings. The molecule has 1 aromatic carbocycles. The minimum Gasteiger partial charge on any atom is -0.345 e. The van der Waals surface area contributed by atoms with E-state index in [2.05, 4.69) is 15.0 Å². The summed E-state index contributed by atoms with van der Waals surface area (Å²) >= 11 is 6.08. The van der Waals surface area contributed by atoms with Crippen molar-refractivity contribution in [1.29, 1.82) is 0 Å². The molecule has 0 unspecified atom stereocenters. The van der Waals surface area contributed by atoms with Crippen LogP contribution in [0.4, 0.5) is 0 Å². The lowest BCUT2D eigenvalue weighted by molar-refractivity contribution is 1.20. The zero-order valence-corrected chi connectivity index (χ0v) is 9.07. The van der Waals surface area contributed by atoms with Crippen LogP contribution in [0.3, 0.4) is 0 Å². The Morgan fingerprint density at radius 3 is 2.69 bits per heavy atom. The fourth-order valence-electron chi connectivity index (χ4n) is 1.77. The number of benzene rings is 1. The molecule has 4 heteroatoms. The van der Waals surface area contributed by atoms with Gasteiger partial charge in [0, 0.05) is 11.8 Å². The van der Waals surface area contributed by atoms with E-state index in [1.54, 1.807) is 0 Å². The molecule has 2 aromatic heterocycles. The summed E-state index contributed by atoms with van der Waals surface area (Å²) in [6.07, 6.45) is 3.36. The largest absolute Gasteiger partial charge is 0.345 e. The number of aromatic nitrogens is 3. The number of H-pyrrole nitrogens is 1. The number of nitrogens with one attached hydrogen (secondary N) is 1. The molecule has 0 radical (unpaired) electrons. The quantitative estimate of drug-likeness (QED) is 0.651. The molecule has 0 saturated carbocycles. The van der Waals surface area contributed by atoms with Gasteiger partial charge in [-0.3, -0.25) is 0 Å². The molecule has 16 heavy (non-hydrogen) atoms. The minimum absolute atomic E-state index is 0.477. The van der Waals surface area contributed by atoms with E-state index in [1.807, 2.05) is 36.5 Å². The van der Waals surface area contributed by atoms with Crippen molar-refractivity contribution in [2.45, 2.75) is 0 Å². The summed E-state index contributed by atoms with van der Waals surface area (Å²) in [7, 11) is 0. The van der Waals surface area contributed by atoms with Gasteiger partial charge in [-0.2, -0.15) is 0 Å². The summed E-state index contributed by atoms with van der Waals surface area (Å²) in [5, 5.41) is 1.35. The van der Waals surface area contributed by atoms with Crippen molar-refractivity contribution in [3.05, 3.63) is 48.0 Å². The van der Waals surface area contributed by atoms with Gasteiger partial charge in [-0.25, -0.2) is 9.97 Å². The standard InChI is InChI=1S/C12H8ClN3/c13-11-10-9(8-4-2-1-3-5-8)6-14-12(10)16-7-15-11/h1-7H,(H,14,15,16). The van der Waals surface area contributed by atoms with Crippen LogP contribution < -0.4 is 0 Å². The van der Waals surface area contributed by atoms with Crippen molar-refractivity contribution in [2.75, 3.05) is 0 Å². The van der Waals surface area contributed by atoms with Crippen LogP contribution in [0.2, 0.25) is 5.15 Å². The van der Waals surface area contributed by atoms with Crippen LogP contribution in [-0.2, 0) is 0 Å². The van der Waals surface area contributed by atoms with Crippen molar-refractivity contribution in [1.82, 2.24) is 15.0 Å². The van der Waals surface area contributed by atoms with Crippen LogP contribution in [-0.4, -0.2) is 15.0 Å². The highest BCUT2D eigenvalue weighted by Crippen LogP contribution is 2.31. The molecule has 78 valence electrons. The van der Waals surface area contributed by atoms with Gasteiger partial charge in [0.25, 0.3) is 0 Å². The average molecular weight is 230 g/mol. The van der Waals surface area contributed by atoms with Crippen LogP contribution >= 0.6 is 11.6 Å². The van der Waals surface area contributed by atoms with E-state index in [9.17, 15) is 0 Å². The first-order valence-electron chi connectivity index (χ1n) is 4.89. The van der Waals surface area contributed by atoms with E-state index < -0.39 is 0 Å². The fraction of sp³-hybridized carbons (Fsp3) is 0. The first kappa shape index (κ1) is 9.36.